The molecule has 0 spiro atoms. The Kier molecular flexibility index (Phi) is 9.24. The monoisotopic (exact) mass is 567 g/mol. The van der Waals surface area contributed by atoms with Gasteiger partial charge >= 0.3 is 6.03 Å². The zero-order valence-corrected chi connectivity index (χ0v) is 23.5. The second kappa shape index (κ2) is 12.6. The maximum absolute atomic E-state index is 13.7. The van der Waals surface area contributed by atoms with Gasteiger partial charge in [-0.1, -0.05) is 55.5 Å². The SMILES string of the molecule is C[C@@H]1CN([C@H](C)CO)S(=O)(=O)c2ccc(/C=C/c3ccccc3)cc2O[C@H]1CN(C)C(=O)Nc1ccc(F)cc1. The van der Waals surface area contributed by atoms with Crippen LogP contribution in [-0.4, -0.2) is 67.7 Å². The molecule has 10 heteroatoms. The van der Waals surface area contributed by atoms with Crippen LogP contribution >= 0.6 is 0 Å². The van der Waals surface area contributed by atoms with Crippen LogP contribution in [0.1, 0.15) is 25.0 Å². The van der Waals surface area contributed by atoms with Crippen molar-refractivity contribution in [3.8, 4) is 5.75 Å². The Morgan fingerprint density at radius 3 is 2.48 bits per heavy atom. The Balaban J connectivity index is 1.64. The van der Waals surface area contributed by atoms with Crippen LogP contribution in [0.5, 0.6) is 5.75 Å². The van der Waals surface area contributed by atoms with Gasteiger partial charge in [-0.2, -0.15) is 4.31 Å². The first-order valence-electron chi connectivity index (χ1n) is 13.0. The number of likely N-dealkylation sites (N-methyl/N-ethyl adjacent to an activating group) is 1. The predicted octanol–water partition coefficient (Wildman–Crippen LogP) is 4.93. The van der Waals surface area contributed by atoms with Crippen LogP contribution in [0.3, 0.4) is 0 Å². The van der Waals surface area contributed by atoms with Crippen molar-refractivity contribution < 1.29 is 27.4 Å². The molecule has 1 aliphatic rings. The van der Waals surface area contributed by atoms with E-state index in [0.717, 1.165) is 11.1 Å². The molecule has 0 unspecified atom stereocenters. The van der Waals surface area contributed by atoms with Crippen molar-refractivity contribution in [3.05, 3.63) is 89.7 Å². The molecular weight excluding hydrogens is 533 g/mol. The maximum Gasteiger partial charge on any atom is 0.321 e. The number of anilines is 1. The molecule has 0 radical (unpaired) electrons. The summed E-state index contributed by atoms with van der Waals surface area (Å²) < 4.78 is 48.3. The van der Waals surface area contributed by atoms with Gasteiger partial charge in [0, 0.05) is 31.2 Å². The van der Waals surface area contributed by atoms with Crippen molar-refractivity contribution in [1.82, 2.24) is 9.21 Å². The maximum atomic E-state index is 13.7. The standard InChI is InChI=1S/C30H34FN3O5S/c1-21-18-34(22(2)20-35)40(37,38)29-16-11-24(10-9-23-7-5-4-6-8-23)17-27(29)39-28(21)19-33(3)30(36)32-26-14-12-25(31)13-15-26/h4-17,21-22,28,35H,18-20H2,1-3H3,(H,32,36)/b10-9+/t21-,22-,28+/m1/s1. The minimum atomic E-state index is -3.98. The van der Waals surface area contributed by atoms with E-state index in [2.05, 4.69) is 5.32 Å². The van der Waals surface area contributed by atoms with Crippen LogP contribution in [0.15, 0.2) is 77.7 Å². The Hall–Kier alpha value is -3.73. The fourth-order valence-electron chi connectivity index (χ4n) is 4.43. The van der Waals surface area contributed by atoms with Crippen LogP contribution in [-0.2, 0) is 10.0 Å². The van der Waals surface area contributed by atoms with Gasteiger partial charge in [-0.05, 0) is 54.4 Å². The molecule has 0 fully saturated rings. The van der Waals surface area contributed by atoms with E-state index >= 15 is 0 Å². The van der Waals surface area contributed by atoms with Gasteiger partial charge in [0.1, 0.15) is 22.6 Å². The van der Waals surface area contributed by atoms with Gasteiger partial charge in [0.2, 0.25) is 10.0 Å². The zero-order chi connectivity index (χ0) is 28.9. The molecule has 2 amide bonds. The van der Waals surface area contributed by atoms with Crippen LogP contribution in [0, 0.1) is 11.7 Å². The third-order valence-electron chi connectivity index (χ3n) is 6.85. The highest BCUT2D eigenvalue weighted by molar-refractivity contribution is 7.89. The highest BCUT2D eigenvalue weighted by Gasteiger charge is 2.38. The van der Waals surface area contributed by atoms with E-state index in [9.17, 15) is 22.7 Å². The van der Waals surface area contributed by atoms with Crippen molar-refractivity contribution in [3.63, 3.8) is 0 Å². The number of sulfonamides is 1. The van der Waals surface area contributed by atoms with Crippen LogP contribution in [0.25, 0.3) is 12.2 Å². The number of carbonyl (C=O) groups is 1. The molecule has 3 aromatic carbocycles. The van der Waals surface area contributed by atoms with Gasteiger partial charge in [0.05, 0.1) is 13.2 Å². The summed E-state index contributed by atoms with van der Waals surface area (Å²) in [5.74, 6) is -0.563. The number of fused-ring (bicyclic) bond motifs is 1. The van der Waals surface area contributed by atoms with Gasteiger partial charge < -0.3 is 20.1 Å². The van der Waals surface area contributed by atoms with Gasteiger partial charge in [0.15, 0.2) is 0 Å². The number of nitrogens with zero attached hydrogens (tertiary/aromatic N) is 2. The quantitative estimate of drug-likeness (QED) is 0.395. The third kappa shape index (κ3) is 6.88. The Bertz CT molecular complexity index is 1450. The summed E-state index contributed by atoms with van der Waals surface area (Å²) in [6.07, 6.45) is 3.23. The molecule has 3 aromatic rings. The summed E-state index contributed by atoms with van der Waals surface area (Å²) in [7, 11) is -2.37. The minimum Gasteiger partial charge on any atom is -0.487 e. The lowest BCUT2D eigenvalue weighted by atomic mass is 10.0. The molecule has 0 saturated carbocycles. The topological polar surface area (TPSA) is 99.2 Å². The van der Waals surface area contributed by atoms with E-state index in [-0.39, 0.29) is 36.3 Å². The molecule has 0 bridgehead atoms. The molecule has 8 nitrogen and oxygen atoms in total. The predicted molar refractivity (Wildman–Crippen MR) is 154 cm³/mol. The van der Waals surface area contributed by atoms with Gasteiger partial charge in [-0.25, -0.2) is 17.6 Å². The number of aliphatic hydroxyl groups excluding tert-OH is 1. The lowest BCUT2D eigenvalue weighted by Gasteiger charge is -2.37. The average molecular weight is 568 g/mol. The van der Waals surface area contributed by atoms with Crippen molar-refractivity contribution >= 4 is 33.9 Å². The summed E-state index contributed by atoms with van der Waals surface area (Å²) in [6, 6.07) is 19.0. The number of carbonyl (C=O) groups excluding carboxylic acids is 1. The average Bonchev–Trinajstić information content (AvgIpc) is 2.95. The second-order valence-electron chi connectivity index (χ2n) is 10.0. The molecule has 212 valence electrons. The van der Waals surface area contributed by atoms with Gasteiger partial charge in [0.25, 0.3) is 0 Å². The van der Waals surface area contributed by atoms with E-state index in [1.54, 1.807) is 26.1 Å². The summed E-state index contributed by atoms with van der Waals surface area (Å²) in [5.41, 5.74) is 2.18. The smallest absolute Gasteiger partial charge is 0.321 e. The number of benzene rings is 3. The summed E-state index contributed by atoms with van der Waals surface area (Å²) in [4.78, 5) is 14.3. The molecule has 3 atom stereocenters. The molecule has 0 aromatic heterocycles. The molecule has 40 heavy (non-hydrogen) atoms. The van der Waals surface area contributed by atoms with E-state index in [1.807, 2.05) is 49.4 Å². The van der Waals surface area contributed by atoms with Crippen molar-refractivity contribution in [2.24, 2.45) is 5.92 Å². The minimum absolute atomic E-state index is 0.0000205. The first-order chi connectivity index (χ1) is 19.1. The molecular formula is C30H34FN3O5S. The first-order valence-corrected chi connectivity index (χ1v) is 14.5. The van der Waals surface area contributed by atoms with Gasteiger partial charge in [-0.15, -0.1) is 0 Å². The first kappa shape index (κ1) is 29.3. The summed E-state index contributed by atoms with van der Waals surface area (Å²) in [6.45, 7) is 3.41. The molecule has 1 heterocycles. The number of hydrogen-bond donors (Lipinski definition) is 2. The fourth-order valence-corrected chi connectivity index (χ4v) is 6.25. The lowest BCUT2D eigenvalue weighted by molar-refractivity contribution is 0.0830. The van der Waals surface area contributed by atoms with E-state index in [1.165, 1.54) is 39.5 Å². The molecule has 2 N–H and O–H groups in total. The third-order valence-corrected chi connectivity index (χ3v) is 8.87. The van der Waals surface area contributed by atoms with Crippen molar-refractivity contribution in [1.29, 1.82) is 0 Å². The second-order valence-corrected chi connectivity index (χ2v) is 11.9. The molecule has 4 rings (SSSR count). The zero-order valence-electron chi connectivity index (χ0n) is 22.7. The van der Waals surface area contributed by atoms with Crippen LogP contribution < -0.4 is 10.1 Å². The van der Waals surface area contributed by atoms with E-state index < -0.39 is 34.0 Å². The highest BCUT2D eigenvalue weighted by Crippen LogP contribution is 2.34. The molecule has 0 saturated heterocycles. The van der Waals surface area contributed by atoms with E-state index in [0.29, 0.717) is 5.69 Å². The summed E-state index contributed by atoms with van der Waals surface area (Å²) >= 11 is 0. The Labute approximate surface area is 234 Å². The number of rotatable bonds is 7. The van der Waals surface area contributed by atoms with Crippen LogP contribution in [0.2, 0.25) is 0 Å². The normalized spacial score (nSPS) is 19.6. The number of hydrogen-bond acceptors (Lipinski definition) is 5. The van der Waals surface area contributed by atoms with Crippen molar-refractivity contribution in [2.45, 2.75) is 30.9 Å². The molecule has 0 aliphatic carbocycles. The Morgan fingerprint density at radius 1 is 1.12 bits per heavy atom. The fraction of sp³-hybridized carbons (Fsp3) is 0.300. The van der Waals surface area contributed by atoms with Gasteiger partial charge in [-0.3, -0.25) is 0 Å². The number of urea groups is 1. The number of amides is 2. The Morgan fingerprint density at radius 2 is 1.80 bits per heavy atom. The lowest BCUT2D eigenvalue weighted by Crippen LogP contribution is -2.50. The van der Waals surface area contributed by atoms with Crippen LogP contribution in [0.4, 0.5) is 14.9 Å². The number of ether oxygens (including phenoxy) is 1. The molecule has 1 aliphatic heterocycles. The number of halogens is 1. The van der Waals surface area contributed by atoms with E-state index in [4.69, 9.17) is 4.74 Å². The number of nitrogens with one attached hydrogen (secondary N) is 1. The highest BCUT2D eigenvalue weighted by atomic mass is 32.2. The largest absolute Gasteiger partial charge is 0.487 e. The summed E-state index contributed by atoms with van der Waals surface area (Å²) in [5, 5.41) is 12.6. The van der Waals surface area contributed by atoms with Crippen molar-refractivity contribution in [2.75, 3.05) is 32.1 Å². The number of aliphatic hydroxyl groups is 1.